The van der Waals surface area contributed by atoms with Crippen LogP contribution in [0.4, 0.5) is 10.1 Å². The van der Waals surface area contributed by atoms with Crippen LogP contribution >= 0.6 is 0 Å². The highest BCUT2D eigenvalue weighted by atomic mass is 19.1. The number of rotatable bonds is 2. The molecule has 0 spiro atoms. The van der Waals surface area contributed by atoms with Crippen molar-refractivity contribution in [3.63, 3.8) is 0 Å². The molecule has 0 radical (unpaired) electrons. The maximum absolute atomic E-state index is 13.2. The molecule has 3 heteroatoms. The molecule has 0 fully saturated rings. The number of carbonyl (C=O) groups is 1. The van der Waals surface area contributed by atoms with E-state index in [0.717, 1.165) is 5.69 Å². The zero-order chi connectivity index (χ0) is 14.1. The Hall–Kier alpha value is -2.16. The first kappa shape index (κ1) is 12.9. The summed E-state index contributed by atoms with van der Waals surface area (Å²) in [5.41, 5.74) is 2.91. The molecule has 0 N–H and O–H groups in total. The standard InChI is InChI=1S/C17H16FNO/c1-12-11-19(16-8-3-2-7-15(12)16)17(20)10-13-5-4-6-14(18)9-13/h2-9,12H,10-11H2,1H3. The van der Waals surface area contributed by atoms with Crippen LogP contribution in [0.15, 0.2) is 48.5 Å². The minimum absolute atomic E-state index is 0.0207. The highest BCUT2D eigenvalue weighted by Crippen LogP contribution is 2.35. The van der Waals surface area contributed by atoms with Gasteiger partial charge in [0.1, 0.15) is 5.82 Å². The Morgan fingerprint density at radius 1 is 1.25 bits per heavy atom. The summed E-state index contributed by atoms with van der Waals surface area (Å²) >= 11 is 0. The SMILES string of the molecule is CC1CN(C(=O)Cc2cccc(F)c2)c2ccccc21. The van der Waals surface area contributed by atoms with Gasteiger partial charge in [-0.05, 0) is 29.3 Å². The molecule has 1 atom stereocenters. The van der Waals surface area contributed by atoms with Crippen LogP contribution in [0.2, 0.25) is 0 Å². The quantitative estimate of drug-likeness (QED) is 0.817. The average Bonchev–Trinajstić information content (AvgIpc) is 2.77. The topological polar surface area (TPSA) is 20.3 Å². The number of hydrogen-bond acceptors (Lipinski definition) is 1. The van der Waals surface area contributed by atoms with E-state index in [1.54, 1.807) is 12.1 Å². The van der Waals surface area contributed by atoms with Gasteiger partial charge < -0.3 is 4.90 Å². The van der Waals surface area contributed by atoms with Crippen molar-refractivity contribution in [2.75, 3.05) is 11.4 Å². The van der Waals surface area contributed by atoms with Crippen molar-refractivity contribution in [3.05, 3.63) is 65.5 Å². The molecule has 1 aliphatic rings. The molecule has 0 aliphatic carbocycles. The van der Waals surface area contributed by atoms with Crippen molar-refractivity contribution in [1.29, 1.82) is 0 Å². The van der Waals surface area contributed by atoms with Gasteiger partial charge in [-0.2, -0.15) is 0 Å². The van der Waals surface area contributed by atoms with Crippen molar-refractivity contribution in [3.8, 4) is 0 Å². The van der Waals surface area contributed by atoms with Gasteiger partial charge in [-0.1, -0.05) is 37.3 Å². The fourth-order valence-corrected chi connectivity index (χ4v) is 2.77. The largest absolute Gasteiger partial charge is 0.311 e. The summed E-state index contributed by atoms with van der Waals surface area (Å²) in [6.07, 6.45) is 0.235. The van der Waals surface area contributed by atoms with Crippen LogP contribution in [-0.2, 0) is 11.2 Å². The van der Waals surface area contributed by atoms with E-state index in [-0.39, 0.29) is 18.1 Å². The number of amides is 1. The predicted octanol–water partition coefficient (Wildman–Crippen LogP) is 3.52. The number of para-hydroxylation sites is 1. The third-order valence-corrected chi connectivity index (χ3v) is 3.76. The lowest BCUT2D eigenvalue weighted by molar-refractivity contribution is -0.117. The lowest BCUT2D eigenvalue weighted by atomic mass is 10.0. The Bertz CT molecular complexity index is 653. The molecule has 1 amide bonds. The third kappa shape index (κ3) is 2.31. The zero-order valence-corrected chi connectivity index (χ0v) is 11.3. The Labute approximate surface area is 117 Å². The monoisotopic (exact) mass is 269 g/mol. The smallest absolute Gasteiger partial charge is 0.231 e. The molecule has 102 valence electrons. The fraction of sp³-hybridized carbons (Fsp3) is 0.235. The molecular weight excluding hydrogens is 253 g/mol. The molecule has 2 nitrogen and oxygen atoms in total. The average molecular weight is 269 g/mol. The molecule has 0 aromatic heterocycles. The second kappa shape index (κ2) is 5.08. The summed E-state index contributed by atoms with van der Waals surface area (Å²) in [4.78, 5) is 14.2. The van der Waals surface area contributed by atoms with Gasteiger partial charge in [0, 0.05) is 18.2 Å². The van der Waals surface area contributed by atoms with Crippen LogP contribution in [0.25, 0.3) is 0 Å². The van der Waals surface area contributed by atoms with Gasteiger partial charge in [0.2, 0.25) is 5.91 Å². The molecule has 1 heterocycles. The van der Waals surface area contributed by atoms with Gasteiger partial charge in [-0.25, -0.2) is 4.39 Å². The first-order valence-corrected chi connectivity index (χ1v) is 6.79. The second-order valence-electron chi connectivity index (χ2n) is 5.27. The van der Waals surface area contributed by atoms with E-state index in [4.69, 9.17) is 0 Å². The van der Waals surface area contributed by atoms with Crippen LogP contribution in [0, 0.1) is 5.82 Å². The van der Waals surface area contributed by atoms with E-state index in [0.29, 0.717) is 18.0 Å². The summed E-state index contributed by atoms with van der Waals surface area (Å²) in [5, 5.41) is 0. The van der Waals surface area contributed by atoms with Crippen LogP contribution in [0.3, 0.4) is 0 Å². The normalized spacial score (nSPS) is 17.1. The van der Waals surface area contributed by atoms with Crippen molar-refractivity contribution in [1.82, 2.24) is 0 Å². The van der Waals surface area contributed by atoms with Crippen molar-refractivity contribution in [2.45, 2.75) is 19.3 Å². The highest BCUT2D eigenvalue weighted by molar-refractivity contribution is 5.97. The molecule has 1 unspecified atom stereocenters. The van der Waals surface area contributed by atoms with Gasteiger partial charge in [-0.3, -0.25) is 4.79 Å². The molecule has 2 aromatic rings. The lowest BCUT2D eigenvalue weighted by Gasteiger charge is -2.17. The molecule has 1 aliphatic heterocycles. The Kier molecular flexibility index (Phi) is 3.26. The number of benzene rings is 2. The van der Waals surface area contributed by atoms with Crippen molar-refractivity contribution < 1.29 is 9.18 Å². The van der Waals surface area contributed by atoms with Crippen LogP contribution < -0.4 is 4.90 Å². The maximum atomic E-state index is 13.2. The van der Waals surface area contributed by atoms with Crippen LogP contribution in [0.1, 0.15) is 24.0 Å². The molecule has 20 heavy (non-hydrogen) atoms. The summed E-state index contributed by atoms with van der Waals surface area (Å²) in [5.74, 6) is 0.0700. The fourth-order valence-electron chi connectivity index (χ4n) is 2.77. The summed E-state index contributed by atoms with van der Waals surface area (Å²) < 4.78 is 13.2. The number of halogens is 1. The predicted molar refractivity (Wildman–Crippen MR) is 77.3 cm³/mol. The maximum Gasteiger partial charge on any atom is 0.231 e. The first-order valence-electron chi connectivity index (χ1n) is 6.79. The molecule has 0 saturated carbocycles. The Balaban J connectivity index is 1.82. The number of hydrogen-bond donors (Lipinski definition) is 0. The minimum atomic E-state index is -0.300. The zero-order valence-electron chi connectivity index (χ0n) is 11.3. The number of carbonyl (C=O) groups excluding carboxylic acids is 1. The third-order valence-electron chi connectivity index (χ3n) is 3.76. The first-order chi connectivity index (χ1) is 9.65. The van der Waals surface area contributed by atoms with E-state index in [9.17, 15) is 9.18 Å². The van der Waals surface area contributed by atoms with Gasteiger partial charge in [0.25, 0.3) is 0 Å². The Morgan fingerprint density at radius 2 is 2.05 bits per heavy atom. The van der Waals surface area contributed by atoms with Gasteiger partial charge in [0.05, 0.1) is 6.42 Å². The van der Waals surface area contributed by atoms with E-state index in [1.807, 2.05) is 23.1 Å². The van der Waals surface area contributed by atoms with Crippen LogP contribution in [0.5, 0.6) is 0 Å². The molecule has 0 saturated heterocycles. The lowest BCUT2D eigenvalue weighted by Crippen LogP contribution is -2.30. The van der Waals surface area contributed by atoms with Crippen LogP contribution in [-0.4, -0.2) is 12.5 Å². The summed E-state index contributed by atoms with van der Waals surface area (Å²) in [6.45, 7) is 2.82. The van der Waals surface area contributed by atoms with Gasteiger partial charge in [-0.15, -0.1) is 0 Å². The molecule has 3 rings (SSSR count). The van der Waals surface area contributed by atoms with Crippen molar-refractivity contribution >= 4 is 11.6 Å². The van der Waals surface area contributed by atoms with E-state index < -0.39 is 0 Å². The minimum Gasteiger partial charge on any atom is -0.311 e. The molecule has 0 bridgehead atoms. The van der Waals surface area contributed by atoms with E-state index in [1.165, 1.54) is 17.7 Å². The van der Waals surface area contributed by atoms with Gasteiger partial charge in [0.15, 0.2) is 0 Å². The summed E-state index contributed by atoms with van der Waals surface area (Å²) in [7, 11) is 0. The Morgan fingerprint density at radius 3 is 2.85 bits per heavy atom. The van der Waals surface area contributed by atoms with Crippen molar-refractivity contribution in [2.24, 2.45) is 0 Å². The number of anilines is 1. The molecule has 2 aromatic carbocycles. The number of fused-ring (bicyclic) bond motifs is 1. The number of nitrogens with zero attached hydrogens (tertiary/aromatic N) is 1. The molecular formula is C17H16FNO. The van der Waals surface area contributed by atoms with Gasteiger partial charge >= 0.3 is 0 Å². The van der Waals surface area contributed by atoms with E-state index in [2.05, 4.69) is 13.0 Å². The highest BCUT2D eigenvalue weighted by Gasteiger charge is 2.29. The summed E-state index contributed by atoms with van der Waals surface area (Å²) in [6, 6.07) is 14.2. The van der Waals surface area contributed by atoms with E-state index >= 15 is 0 Å². The second-order valence-corrected chi connectivity index (χ2v) is 5.27.